The van der Waals surface area contributed by atoms with Gasteiger partial charge in [-0.05, 0) is 24.5 Å². The summed E-state index contributed by atoms with van der Waals surface area (Å²) in [5.74, 6) is 1.67. The van der Waals surface area contributed by atoms with Crippen LogP contribution in [-0.4, -0.2) is 30.1 Å². The van der Waals surface area contributed by atoms with E-state index < -0.39 is 0 Å². The van der Waals surface area contributed by atoms with Crippen molar-refractivity contribution in [3.63, 3.8) is 0 Å². The van der Waals surface area contributed by atoms with E-state index in [2.05, 4.69) is 58.4 Å². The van der Waals surface area contributed by atoms with Gasteiger partial charge in [-0.15, -0.1) is 0 Å². The second kappa shape index (κ2) is 8.25. The SMILES string of the molecule is CCCCN(C)c1ccnc(NCCc2ccccc2)n1. The van der Waals surface area contributed by atoms with Gasteiger partial charge in [0.2, 0.25) is 5.95 Å². The largest absolute Gasteiger partial charge is 0.360 e. The molecule has 0 atom stereocenters. The van der Waals surface area contributed by atoms with E-state index in [1.807, 2.05) is 18.3 Å². The first-order chi connectivity index (χ1) is 10.3. The van der Waals surface area contributed by atoms with Crippen molar-refractivity contribution in [2.24, 2.45) is 0 Å². The Kier molecular flexibility index (Phi) is 6.00. The van der Waals surface area contributed by atoms with Gasteiger partial charge in [-0.3, -0.25) is 0 Å². The van der Waals surface area contributed by atoms with Gasteiger partial charge in [0.05, 0.1) is 0 Å². The van der Waals surface area contributed by atoms with Crippen LogP contribution in [-0.2, 0) is 6.42 Å². The number of rotatable bonds is 8. The summed E-state index contributed by atoms with van der Waals surface area (Å²) >= 11 is 0. The lowest BCUT2D eigenvalue weighted by Gasteiger charge is -2.18. The summed E-state index contributed by atoms with van der Waals surface area (Å²) in [6, 6.07) is 12.4. The number of nitrogens with zero attached hydrogens (tertiary/aromatic N) is 3. The van der Waals surface area contributed by atoms with Crippen LogP contribution in [0.15, 0.2) is 42.6 Å². The van der Waals surface area contributed by atoms with Crippen LogP contribution in [0.2, 0.25) is 0 Å². The number of aromatic nitrogens is 2. The molecule has 0 unspecified atom stereocenters. The molecule has 112 valence electrons. The van der Waals surface area contributed by atoms with Gasteiger partial charge < -0.3 is 10.2 Å². The summed E-state index contributed by atoms with van der Waals surface area (Å²) in [6.07, 6.45) is 5.16. The van der Waals surface area contributed by atoms with Crippen LogP contribution in [0, 0.1) is 0 Å². The first kappa shape index (κ1) is 15.3. The fraction of sp³-hybridized carbons (Fsp3) is 0.412. The number of unbranched alkanes of at least 4 members (excludes halogenated alkanes) is 1. The number of hydrogen-bond acceptors (Lipinski definition) is 4. The Morgan fingerprint density at radius 1 is 1.14 bits per heavy atom. The molecule has 0 amide bonds. The lowest BCUT2D eigenvalue weighted by atomic mass is 10.1. The highest BCUT2D eigenvalue weighted by molar-refractivity contribution is 5.41. The molecule has 4 nitrogen and oxygen atoms in total. The van der Waals surface area contributed by atoms with Gasteiger partial charge in [0.15, 0.2) is 0 Å². The molecule has 1 N–H and O–H groups in total. The van der Waals surface area contributed by atoms with Crippen LogP contribution >= 0.6 is 0 Å². The van der Waals surface area contributed by atoms with Crippen LogP contribution < -0.4 is 10.2 Å². The Bertz CT molecular complexity index is 527. The second-order valence-corrected chi connectivity index (χ2v) is 5.18. The van der Waals surface area contributed by atoms with Crippen molar-refractivity contribution >= 4 is 11.8 Å². The molecule has 4 heteroatoms. The molecule has 0 aliphatic carbocycles. The molecule has 2 aromatic rings. The minimum Gasteiger partial charge on any atom is -0.360 e. The summed E-state index contributed by atoms with van der Waals surface area (Å²) < 4.78 is 0. The van der Waals surface area contributed by atoms with Gasteiger partial charge in [0.25, 0.3) is 0 Å². The van der Waals surface area contributed by atoms with Gasteiger partial charge in [-0.25, -0.2) is 4.98 Å². The Hall–Kier alpha value is -2.10. The lowest BCUT2D eigenvalue weighted by Crippen LogP contribution is -2.20. The summed E-state index contributed by atoms with van der Waals surface area (Å²) in [5, 5.41) is 3.30. The van der Waals surface area contributed by atoms with Crippen LogP contribution in [0.25, 0.3) is 0 Å². The molecule has 2 rings (SSSR count). The van der Waals surface area contributed by atoms with Crippen LogP contribution in [0.4, 0.5) is 11.8 Å². The third kappa shape index (κ3) is 5.06. The molecule has 0 radical (unpaired) electrons. The number of hydrogen-bond donors (Lipinski definition) is 1. The first-order valence-electron chi connectivity index (χ1n) is 7.61. The third-order valence-corrected chi connectivity index (χ3v) is 3.42. The molecule has 0 bridgehead atoms. The highest BCUT2D eigenvalue weighted by Crippen LogP contribution is 2.11. The maximum Gasteiger partial charge on any atom is 0.224 e. The van der Waals surface area contributed by atoms with Gasteiger partial charge >= 0.3 is 0 Å². The van der Waals surface area contributed by atoms with E-state index >= 15 is 0 Å². The Labute approximate surface area is 127 Å². The van der Waals surface area contributed by atoms with Gasteiger partial charge in [-0.1, -0.05) is 43.7 Å². The standard InChI is InChI=1S/C17H24N4/c1-3-4-14-21(2)16-11-13-19-17(20-16)18-12-10-15-8-6-5-7-9-15/h5-9,11,13H,3-4,10,12,14H2,1-2H3,(H,18,19,20). The molecule has 0 saturated heterocycles. The molecule has 1 heterocycles. The molecule has 1 aromatic carbocycles. The predicted octanol–water partition coefficient (Wildman–Crippen LogP) is 3.37. The molecule has 0 aliphatic heterocycles. The molecule has 0 saturated carbocycles. The van der Waals surface area contributed by atoms with Crippen molar-refractivity contribution in [3.05, 3.63) is 48.2 Å². The molecular formula is C17H24N4. The van der Waals surface area contributed by atoms with E-state index in [1.54, 1.807) is 0 Å². The average Bonchev–Trinajstić information content (AvgIpc) is 2.54. The topological polar surface area (TPSA) is 41.1 Å². The molecule has 21 heavy (non-hydrogen) atoms. The Morgan fingerprint density at radius 3 is 2.71 bits per heavy atom. The maximum absolute atomic E-state index is 4.56. The van der Waals surface area contributed by atoms with Crippen molar-refractivity contribution in [1.29, 1.82) is 0 Å². The van der Waals surface area contributed by atoms with Crippen LogP contribution in [0.5, 0.6) is 0 Å². The van der Waals surface area contributed by atoms with E-state index in [9.17, 15) is 0 Å². The summed E-state index contributed by atoms with van der Waals surface area (Å²) in [6.45, 7) is 4.06. The first-order valence-corrected chi connectivity index (χ1v) is 7.61. The summed E-state index contributed by atoms with van der Waals surface area (Å²) in [5.41, 5.74) is 1.32. The van der Waals surface area contributed by atoms with Gasteiger partial charge in [-0.2, -0.15) is 4.98 Å². The Balaban J connectivity index is 1.86. The average molecular weight is 284 g/mol. The summed E-state index contributed by atoms with van der Waals surface area (Å²) in [7, 11) is 2.08. The highest BCUT2D eigenvalue weighted by Gasteiger charge is 2.03. The minimum absolute atomic E-state index is 0.701. The predicted molar refractivity (Wildman–Crippen MR) is 88.8 cm³/mol. The second-order valence-electron chi connectivity index (χ2n) is 5.18. The van der Waals surface area contributed by atoms with E-state index in [-0.39, 0.29) is 0 Å². The minimum atomic E-state index is 0.701. The smallest absolute Gasteiger partial charge is 0.224 e. The fourth-order valence-corrected chi connectivity index (χ4v) is 2.12. The molecule has 1 aromatic heterocycles. The molecule has 0 aliphatic rings. The maximum atomic E-state index is 4.56. The van der Waals surface area contributed by atoms with Crippen molar-refractivity contribution in [2.45, 2.75) is 26.2 Å². The molecule has 0 spiro atoms. The third-order valence-electron chi connectivity index (χ3n) is 3.42. The highest BCUT2D eigenvalue weighted by atomic mass is 15.2. The van der Waals surface area contributed by atoms with Crippen molar-refractivity contribution in [1.82, 2.24) is 9.97 Å². The number of anilines is 2. The van der Waals surface area contributed by atoms with E-state index in [1.165, 1.54) is 18.4 Å². The molecule has 0 fully saturated rings. The fourth-order valence-electron chi connectivity index (χ4n) is 2.12. The van der Waals surface area contributed by atoms with Crippen molar-refractivity contribution in [3.8, 4) is 0 Å². The van der Waals surface area contributed by atoms with Crippen molar-refractivity contribution in [2.75, 3.05) is 30.4 Å². The molecular weight excluding hydrogens is 260 g/mol. The number of benzene rings is 1. The van der Waals surface area contributed by atoms with Gasteiger partial charge in [0, 0.05) is 26.3 Å². The van der Waals surface area contributed by atoms with E-state index in [0.717, 1.165) is 25.3 Å². The van der Waals surface area contributed by atoms with E-state index in [0.29, 0.717) is 5.95 Å². The monoisotopic (exact) mass is 284 g/mol. The van der Waals surface area contributed by atoms with E-state index in [4.69, 9.17) is 0 Å². The van der Waals surface area contributed by atoms with Gasteiger partial charge in [0.1, 0.15) is 5.82 Å². The zero-order valence-electron chi connectivity index (χ0n) is 12.9. The number of nitrogens with one attached hydrogen (secondary N) is 1. The van der Waals surface area contributed by atoms with Crippen LogP contribution in [0.1, 0.15) is 25.3 Å². The lowest BCUT2D eigenvalue weighted by molar-refractivity contribution is 0.758. The zero-order chi connectivity index (χ0) is 14.9. The quantitative estimate of drug-likeness (QED) is 0.807. The van der Waals surface area contributed by atoms with Crippen molar-refractivity contribution < 1.29 is 0 Å². The van der Waals surface area contributed by atoms with Crippen LogP contribution in [0.3, 0.4) is 0 Å². The Morgan fingerprint density at radius 2 is 1.95 bits per heavy atom. The summed E-state index contributed by atoms with van der Waals surface area (Å²) in [4.78, 5) is 11.0. The normalized spacial score (nSPS) is 10.4. The zero-order valence-corrected chi connectivity index (χ0v) is 12.9.